The van der Waals surface area contributed by atoms with Gasteiger partial charge in [-0.3, -0.25) is 0 Å². The van der Waals surface area contributed by atoms with Crippen molar-refractivity contribution in [3.8, 4) is 12.1 Å². The van der Waals surface area contributed by atoms with E-state index >= 15 is 0 Å². The Morgan fingerprint density at radius 3 is 1.83 bits per heavy atom. The number of nitrogens with zero attached hydrogens (tertiary/aromatic N) is 2. The van der Waals surface area contributed by atoms with Crippen LogP contribution in [0.2, 0.25) is 0 Å². The number of hydrogen-bond donors (Lipinski definition) is 0. The van der Waals surface area contributed by atoms with Crippen LogP contribution in [-0.2, 0) is 0 Å². The van der Waals surface area contributed by atoms with Gasteiger partial charge in [0.1, 0.15) is 17.7 Å². The van der Waals surface area contributed by atoms with Gasteiger partial charge >= 0.3 is 0 Å². The summed E-state index contributed by atoms with van der Waals surface area (Å²) >= 11 is 0. The Labute approximate surface area is 71.0 Å². The molecular weight excluding hydrogens is 148 g/mol. The van der Waals surface area contributed by atoms with E-state index in [4.69, 9.17) is 10.5 Å². The van der Waals surface area contributed by atoms with Gasteiger partial charge in [0.25, 0.3) is 0 Å². The minimum atomic E-state index is 0.145. The summed E-state index contributed by atoms with van der Waals surface area (Å²) in [6, 6.07) is 3.67. The summed E-state index contributed by atoms with van der Waals surface area (Å²) in [6.45, 7) is 0. The van der Waals surface area contributed by atoms with Gasteiger partial charge in [-0.15, -0.1) is 0 Å². The predicted octanol–water partition coefficient (Wildman–Crippen LogP) is 2.01. The first-order chi connectivity index (χ1) is 5.88. The fourth-order valence-corrected chi connectivity index (χ4v) is 0.823. The highest BCUT2D eigenvalue weighted by molar-refractivity contribution is 5.51. The van der Waals surface area contributed by atoms with Gasteiger partial charge in [0.15, 0.2) is 0 Å². The van der Waals surface area contributed by atoms with Gasteiger partial charge in [-0.2, -0.15) is 10.5 Å². The molecule has 0 aromatic rings. The first-order valence-electron chi connectivity index (χ1n) is 3.44. The molecule has 0 saturated carbocycles. The van der Waals surface area contributed by atoms with Crippen LogP contribution in [0.25, 0.3) is 0 Å². The minimum Gasteiger partial charge on any atom is -0.192 e. The highest BCUT2D eigenvalue weighted by Crippen LogP contribution is 2.09. The molecule has 0 aromatic heterocycles. The zero-order valence-corrected chi connectivity index (χ0v) is 6.36. The second-order valence-corrected chi connectivity index (χ2v) is 2.16. The number of nitriles is 2. The first kappa shape index (κ1) is 8.04. The molecule has 2 heteroatoms. The maximum absolute atomic E-state index is 8.55. The normalized spacial score (nSPS) is 13.3. The summed E-state index contributed by atoms with van der Waals surface area (Å²) in [5, 5.41) is 17.1. The van der Waals surface area contributed by atoms with E-state index in [1.54, 1.807) is 24.3 Å². The third-order valence-corrected chi connectivity index (χ3v) is 1.40. The van der Waals surface area contributed by atoms with Crippen LogP contribution in [0.3, 0.4) is 0 Å². The van der Waals surface area contributed by atoms with E-state index in [-0.39, 0.29) is 5.57 Å². The third-order valence-electron chi connectivity index (χ3n) is 1.40. The summed E-state index contributed by atoms with van der Waals surface area (Å²) in [5.41, 5.74) is 0.802. The highest BCUT2D eigenvalue weighted by Gasteiger charge is 1.98. The Bertz CT molecular complexity index is 334. The van der Waals surface area contributed by atoms with Crippen molar-refractivity contribution >= 4 is 0 Å². The summed E-state index contributed by atoms with van der Waals surface area (Å²) in [4.78, 5) is 0. The molecule has 2 nitrogen and oxygen atoms in total. The summed E-state index contributed by atoms with van der Waals surface area (Å²) < 4.78 is 0. The lowest BCUT2D eigenvalue weighted by molar-refractivity contribution is 1.44. The average molecular weight is 154 g/mol. The van der Waals surface area contributed by atoms with Crippen LogP contribution in [0, 0.1) is 22.7 Å². The molecule has 0 fully saturated rings. The maximum atomic E-state index is 8.55. The zero-order chi connectivity index (χ0) is 8.81. The standard InChI is InChI=1S/C10H6N2/c11-7-10(8-12)9-5-3-1-2-4-6-9/h1-6H. The summed E-state index contributed by atoms with van der Waals surface area (Å²) in [6.07, 6.45) is 10.8. The molecule has 0 amide bonds. The predicted molar refractivity (Wildman–Crippen MR) is 45.7 cm³/mol. The lowest BCUT2D eigenvalue weighted by Crippen LogP contribution is -1.79. The fraction of sp³-hybridized carbons (Fsp3) is 0. The van der Waals surface area contributed by atoms with Gasteiger partial charge in [-0.05, 0) is 0 Å². The molecule has 0 atom stereocenters. The van der Waals surface area contributed by atoms with E-state index in [1.807, 2.05) is 24.3 Å². The van der Waals surface area contributed by atoms with Crippen LogP contribution < -0.4 is 0 Å². The zero-order valence-electron chi connectivity index (χ0n) is 6.36. The van der Waals surface area contributed by atoms with Crippen LogP contribution in [0.15, 0.2) is 47.6 Å². The fourth-order valence-electron chi connectivity index (χ4n) is 0.823. The van der Waals surface area contributed by atoms with E-state index in [0.29, 0.717) is 5.57 Å². The Balaban J connectivity index is 3.13. The molecule has 12 heavy (non-hydrogen) atoms. The Morgan fingerprint density at radius 1 is 0.917 bits per heavy atom. The van der Waals surface area contributed by atoms with Crippen molar-refractivity contribution in [1.82, 2.24) is 0 Å². The molecule has 56 valence electrons. The lowest BCUT2D eigenvalue weighted by atomic mass is 10.1. The van der Waals surface area contributed by atoms with Crippen molar-refractivity contribution in [1.29, 1.82) is 10.5 Å². The van der Waals surface area contributed by atoms with Crippen molar-refractivity contribution in [3.05, 3.63) is 47.6 Å². The summed E-state index contributed by atoms with van der Waals surface area (Å²) in [7, 11) is 0. The number of allylic oxidation sites excluding steroid dienone is 8. The number of hydrogen-bond acceptors (Lipinski definition) is 2. The lowest BCUT2D eigenvalue weighted by Gasteiger charge is -1.89. The van der Waals surface area contributed by atoms with Gasteiger partial charge in [0, 0.05) is 5.57 Å². The molecule has 0 spiro atoms. The molecule has 0 heterocycles. The van der Waals surface area contributed by atoms with Crippen molar-refractivity contribution < 1.29 is 0 Å². The molecule has 0 bridgehead atoms. The molecule has 0 unspecified atom stereocenters. The topological polar surface area (TPSA) is 47.6 Å². The Morgan fingerprint density at radius 2 is 1.42 bits per heavy atom. The van der Waals surface area contributed by atoms with E-state index in [0.717, 1.165) is 0 Å². The van der Waals surface area contributed by atoms with E-state index in [2.05, 4.69) is 0 Å². The van der Waals surface area contributed by atoms with Gasteiger partial charge in [0.05, 0.1) is 0 Å². The maximum Gasteiger partial charge on any atom is 0.136 e. The molecular formula is C10H6N2. The summed E-state index contributed by atoms with van der Waals surface area (Å²) in [5.74, 6) is 0. The third kappa shape index (κ3) is 1.71. The van der Waals surface area contributed by atoms with Gasteiger partial charge in [-0.25, -0.2) is 0 Å². The number of rotatable bonds is 0. The van der Waals surface area contributed by atoms with Crippen LogP contribution in [0.4, 0.5) is 0 Å². The van der Waals surface area contributed by atoms with Crippen LogP contribution in [0.1, 0.15) is 0 Å². The smallest absolute Gasteiger partial charge is 0.136 e. The molecule has 0 aromatic carbocycles. The van der Waals surface area contributed by atoms with Gasteiger partial charge in [0.2, 0.25) is 0 Å². The largest absolute Gasteiger partial charge is 0.192 e. The average Bonchev–Trinajstić information content (AvgIpc) is 2.35. The molecule has 1 aliphatic rings. The van der Waals surface area contributed by atoms with Crippen LogP contribution >= 0.6 is 0 Å². The minimum absolute atomic E-state index is 0.145. The Kier molecular flexibility index (Phi) is 2.65. The quantitative estimate of drug-likeness (QED) is 0.501. The van der Waals surface area contributed by atoms with Crippen molar-refractivity contribution in [2.24, 2.45) is 0 Å². The van der Waals surface area contributed by atoms with Gasteiger partial charge < -0.3 is 0 Å². The molecule has 0 N–H and O–H groups in total. The molecule has 0 saturated heterocycles. The van der Waals surface area contributed by atoms with Gasteiger partial charge in [-0.1, -0.05) is 36.5 Å². The second kappa shape index (κ2) is 3.95. The van der Waals surface area contributed by atoms with Crippen LogP contribution in [0.5, 0.6) is 0 Å². The highest BCUT2D eigenvalue weighted by atomic mass is 14.3. The molecule has 1 aliphatic carbocycles. The van der Waals surface area contributed by atoms with Crippen molar-refractivity contribution in [2.45, 2.75) is 0 Å². The second-order valence-electron chi connectivity index (χ2n) is 2.16. The molecule has 0 radical (unpaired) electrons. The molecule has 1 rings (SSSR count). The SMILES string of the molecule is N#CC(C#N)=C1C=CC=CC=C1. The van der Waals surface area contributed by atoms with Crippen molar-refractivity contribution in [3.63, 3.8) is 0 Å². The van der Waals surface area contributed by atoms with Crippen LogP contribution in [-0.4, -0.2) is 0 Å². The molecule has 0 aliphatic heterocycles. The first-order valence-corrected chi connectivity index (χ1v) is 3.44. The monoisotopic (exact) mass is 154 g/mol. The van der Waals surface area contributed by atoms with Crippen molar-refractivity contribution in [2.75, 3.05) is 0 Å². The van der Waals surface area contributed by atoms with E-state index in [1.165, 1.54) is 0 Å². The Hall–Kier alpha value is -2.06. The van der Waals surface area contributed by atoms with E-state index < -0.39 is 0 Å². The van der Waals surface area contributed by atoms with E-state index in [9.17, 15) is 0 Å².